The van der Waals surface area contributed by atoms with Gasteiger partial charge in [0.15, 0.2) is 0 Å². The summed E-state index contributed by atoms with van der Waals surface area (Å²) in [4.78, 5) is 2.50. The first-order valence-electron chi connectivity index (χ1n) is 21.3. The number of nitrogens with zero attached hydrogens (tertiary/aromatic N) is 1. The van der Waals surface area contributed by atoms with Crippen LogP contribution in [-0.2, 0) is 0 Å². The third-order valence-corrected chi connectivity index (χ3v) is 12.4. The van der Waals surface area contributed by atoms with Crippen molar-refractivity contribution in [3.05, 3.63) is 253 Å². The van der Waals surface area contributed by atoms with Gasteiger partial charge in [-0.2, -0.15) is 0 Å². The fourth-order valence-corrected chi connectivity index (χ4v) is 9.68. The van der Waals surface area contributed by atoms with Crippen LogP contribution < -0.4 is 4.90 Å². The molecular formula is C60H43N. The Kier molecular flexibility index (Phi) is 9.41. The van der Waals surface area contributed by atoms with Crippen molar-refractivity contribution in [2.45, 2.75) is 12.3 Å². The van der Waals surface area contributed by atoms with Gasteiger partial charge in [-0.15, -0.1) is 0 Å². The summed E-state index contributed by atoms with van der Waals surface area (Å²) in [7, 11) is 0. The van der Waals surface area contributed by atoms with E-state index in [2.05, 4.69) is 248 Å². The van der Waals surface area contributed by atoms with Gasteiger partial charge in [0, 0.05) is 22.7 Å². The van der Waals surface area contributed by atoms with E-state index in [1.165, 1.54) is 82.7 Å². The van der Waals surface area contributed by atoms with Crippen molar-refractivity contribution in [1.82, 2.24) is 0 Å². The van der Waals surface area contributed by atoms with Crippen LogP contribution in [-0.4, -0.2) is 0 Å². The predicted molar refractivity (Wildman–Crippen MR) is 260 cm³/mol. The molecule has 0 saturated carbocycles. The van der Waals surface area contributed by atoms with Crippen molar-refractivity contribution in [2.24, 2.45) is 0 Å². The predicted octanol–water partition coefficient (Wildman–Crippen LogP) is 16.7. The summed E-state index contributed by atoms with van der Waals surface area (Å²) in [5.74, 6) is 0.248. The first-order chi connectivity index (χ1) is 30.3. The zero-order chi connectivity index (χ0) is 40.5. The molecule has 0 bridgehead atoms. The summed E-state index contributed by atoms with van der Waals surface area (Å²) in [6, 6.07) is 84.5. The summed E-state index contributed by atoms with van der Waals surface area (Å²) < 4.78 is 0. The number of fused-ring (bicyclic) bond motifs is 3. The molecule has 61 heavy (non-hydrogen) atoms. The molecule has 0 heterocycles. The standard InChI is InChI=1S/C60H43N/c1-3-18-43(19-4-1)51-32-14-24-46-26-16-34-55(59(46)51)53-29-9-11-36-57(53)61(48-40-38-45(39-41-48)50-31-13-23-42-22-7-8-28-49(42)50)58-37-12-10-30-54(58)56-35-17-27-47-25-15-33-52(60(47)56)44-20-5-2-6-21-44/h1-32,34-41,52H,33H2. The molecule has 0 aliphatic heterocycles. The van der Waals surface area contributed by atoms with Crippen molar-refractivity contribution >= 4 is 44.7 Å². The van der Waals surface area contributed by atoms with E-state index in [0.717, 1.165) is 23.5 Å². The highest BCUT2D eigenvalue weighted by Crippen LogP contribution is 2.50. The van der Waals surface area contributed by atoms with Crippen LogP contribution in [0.1, 0.15) is 29.0 Å². The van der Waals surface area contributed by atoms with Crippen LogP contribution in [0.4, 0.5) is 17.1 Å². The van der Waals surface area contributed by atoms with E-state index in [0.29, 0.717) is 0 Å². The number of benzene rings is 10. The van der Waals surface area contributed by atoms with Gasteiger partial charge >= 0.3 is 0 Å². The lowest BCUT2D eigenvalue weighted by Gasteiger charge is -2.32. The van der Waals surface area contributed by atoms with Gasteiger partial charge in [0.25, 0.3) is 0 Å². The molecule has 0 radical (unpaired) electrons. The van der Waals surface area contributed by atoms with Crippen LogP contribution in [0.15, 0.2) is 237 Å². The zero-order valence-electron chi connectivity index (χ0n) is 33.8. The average molecular weight is 778 g/mol. The first kappa shape index (κ1) is 36.3. The molecule has 288 valence electrons. The first-order valence-corrected chi connectivity index (χ1v) is 21.3. The van der Waals surface area contributed by atoms with E-state index in [9.17, 15) is 0 Å². The van der Waals surface area contributed by atoms with E-state index in [1.807, 2.05) is 0 Å². The van der Waals surface area contributed by atoms with E-state index in [1.54, 1.807) is 0 Å². The van der Waals surface area contributed by atoms with Gasteiger partial charge in [0.1, 0.15) is 0 Å². The molecular weight excluding hydrogens is 735 g/mol. The monoisotopic (exact) mass is 777 g/mol. The SMILES string of the molecule is C1=Cc2cccc(-c3ccccc3N(c3ccc(-c4cccc5ccccc45)cc3)c3ccccc3-c3cccc4cccc(-c5ccccc5)c34)c2C(c2ccccc2)C1. The molecule has 0 saturated heterocycles. The quantitative estimate of drug-likeness (QED) is 0.149. The fraction of sp³-hybridized carbons (Fsp3) is 0.0333. The number of hydrogen-bond acceptors (Lipinski definition) is 1. The molecule has 0 spiro atoms. The van der Waals surface area contributed by atoms with Crippen molar-refractivity contribution < 1.29 is 0 Å². The summed E-state index contributed by atoms with van der Waals surface area (Å²) in [6.07, 6.45) is 5.61. The fourth-order valence-electron chi connectivity index (χ4n) is 9.68. The molecule has 10 aromatic rings. The Bertz CT molecular complexity index is 3200. The van der Waals surface area contributed by atoms with Crippen LogP contribution in [0.2, 0.25) is 0 Å². The van der Waals surface area contributed by atoms with E-state index < -0.39 is 0 Å². The highest BCUT2D eigenvalue weighted by atomic mass is 15.1. The Morgan fingerprint density at radius 2 is 0.885 bits per heavy atom. The van der Waals surface area contributed by atoms with Gasteiger partial charge in [0.2, 0.25) is 0 Å². The summed E-state index contributed by atoms with van der Waals surface area (Å²) in [5, 5.41) is 4.97. The third kappa shape index (κ3) is 6.62. The van der Waals surface area contributed by atoms with Crippen LogP contribution in [0.5, 0.6) is 0 Å². The van der Waals surface area contributed by atoms with Crippen LogP contribution in [0, 0.1) is 0 Å². The third-order valence-electron chi connectivity index (χ3n) is 12.4. The van der Waals surface area contributed by atoms with Crippen molar-refractivity contribution in [1.29, 1.82) is 0 Å². The minimum absolute atomic E-state index is 0.248. The van der Waals surface area contributed by atoms with Gasteiger partial charge in [-0.1, -0.05) is 218 Å². The van der Waals surface area contributed by atoms with E-state index in [4.69, 9.17) is 0 Å². The normalized spacial score (nSPS) is 13.3. The van der Waals surface area contributed by atoms with Crippen molar-refractivity contribution in [3.8, 4) is 44.5 Å². The maximum atomic E-state index is 2.50. The highest BCUT2D eigenvalue weighted by Gasteiger charge is 2.27. The number of rotatable bonds is 8. The molecule has 1 aliphatic carbocycles. The topological polar surface area (TPSA) is 3.24 Å². The lowest BCUT2D eigenvalue weighted by molar-refractivity contribution is 0.821. The summed E-state index contributed by atoms with van der Waals surface area (Å²) in [6.45, 7) is 0. The Labute approximate surface area is 358 Å². The van der Waals surface area contributed by atoms with Gasteiger partial charge in [-0.25, -0.2) is 0 Å². The molecule has 10 aromatic carbocycles. The lowest BCUT2D eigenvalue weighted by atomic mass is 9.78. The number of anilines is 3. The molecule has 1 heteroatoms. The van der Waals surface area contributed by atoms with E-state index in [-0.39, 0.29) is 5.92 Å². The number of allylic oxidation sites excluding steroid dienone is 1. The minimum Gasteiger partial charge on any atom is -0.309 e. The smallest absolute Gasteiger partial charge is 0.0540 e. The maximum absolute atomic E-state index is 2.50. The summed E-state index contributed by atoms with van der Waals surface area (Å²) in [5.41, 5.74) is 17.0. The Hall–Kier alpha value is -7.74. The molecule has 1 unspecified atom stereocenters. The van der Waals surface area contributed by atoms with Crippen molar-refractivity contribution in [3.63, 3.8) is 0 Å². The molecule has 11 rings (SSSR count). The van der Waals surface area contributed by atoms with Gasteiger partial charge in [-0.3, -0.25) is 0 Å². The minimum atomic E-state index is 0.248. The molecule has 0 fully saturated rings. The van der Waals surface area contributed by atoms with Gasteiger partial charge in [0.05, 0.1) is 11.4 Å². The van der Waals surface area contributed by atoms with Crippen LogP contribution in [0.25, 0.3) is 72.1 Å². The molecule has 1 atom stereocenters. The molecule has 1 nitrogen and oxygen atoms in total. The van der Waals surface area contributed by atoms with Crippen LogP contribution >= 0.6 is 0 Å². The molecule has 1 aliphatic rings. The lowest BCUT2D eigenvalue weighted by Crippen LogP contribution is -2.14. The second kappa shape index (κ2) is 15.8. The van der Waals surface area contributed by atoms with Crippen LogP contribution in [0.3, 0.4) is 0 Å². The molecule has 0 amide bonds. The maximum Gasteiger partial charge on any atom is 0.0540 e. The Balaban J connectivity index is 1.15. The Morgan fingerprint density at radius 1 is 0.361 bits per heavy atom. The number of para-hydroxylation sites is 2. The van der Waals surface area contributed by atoms with Gasteiger partial charge in [-0.05, 0) is 102 Å². The average Bonchev–Trinajstić information content (AvgIpc) is 3.34. The highest BCUT2D eigenvalue weighted by molar-refractivity contribution is 6.09. The second-order valence-corrected chi connectivity index (χ2v) is 15.9. The largest absolute Gasteiger partial charge is 0.309 e. The summed E-state index contributed by atoms with van der Waals surface area (Å²) >= 11 is 0. The number of hydrogen-bond donors (Lipinski definition) is 0. The van der Waals surface area contributed by atoms with Gasteiger partial charge < -0.3 is 4.90 Å². The molecule has 0 N–H and O–H groups in total. The molecule has 0 aromatic heterocycles. The Morgan fingerprint density at radius 3 is 1.64 bits per heavy atom. The second-order valence-electron chi connectivity index (χ2n) is 15.9. The van der Waals surface area contributed by atoms with Crippen molar-refractivity contribution in [2.75, 3.05) is 4.90 Å². The zero-order valence-corrected chi connectivity index (χ0v) is 33.8. The van der Waals surface area contributed by atoms with E-state index >= 15 is 0 Å².